The molecule has 1 atom stereocenters. The smallest absolute Gasteiger partial charge is 0.253 e. The van der Waals surface area contributed by atoms with Crippen LogP contribution >= 0.6 is 0 Å². The van der Waals surface area contributed by atoms with E-state index >= 15 is 0 Å². The molecule has 8 heteroatoms. The summed E-state index contributed by atoms with van der Waals surface area (Å²) in [5.74, 6) is 0.488. The van der Waals surface area contributed by atoms with Gasteiger partial charge in [0.05, 0.1) is 5.69 Å². The third-order valence-corrected chi connectivity index (χ3v) is 4.83. The van der Waals surface area contributed by atoms with Gasteiger partial charge in [-0.3, -0.25) is 9.78 Å². The van der Waals surface area contributed by atoms with Crippen molar-refractivity contribution in [2.75, 3.05) is 11.9 Å². The molecule has 1 saturated heterocycles. The Morgan fingerprint density at radius 3 is 2.69 bits per heavy atom. The highest BCUT2D eigenvalue weighted by Crippen LogP contribution is 2.22. The number of hydrogen-bond donors (Lipinski definition) is 1. The molecule has 1 amide bonds. The maximum atomic E-state index is 12.2. The van der Waals surface area contributed by atoms with E-state index in [1.165, 1.54) is 0 Å². The lowest BCUT2D eigenvalue weighted by Gasteiger charge is -2.11. The molecule has 0 radical (unpaired) electrons. The van der Waals surface area contributed by atoms with Crippen molar-refractivity contribution in [2.24, 2.45) is 0 Å². The van der Waals surface area contributed by atoms with Crippen LogP contribution in [0.3, 0.4) is 0 Å². The normalized spacial score (nSPS) is 16.2. The van der Waals surface area contributed by atoms with Crippen LogP contribution < -0.4 is 5.32 Å². The summed E-state index contributed by atoms with van der Waals surface area (Å²) in [6.45, 7) is 0.648. The number of hydrogen-bond acceptors (Lipinski definition) is 6. The van der Waals surface area contributed by atoms with Crippen molar-refractivity contribution < 1.29 is 9.53 Å². The monoisotopic (exact) mass is 386 g/mol. The second-order valence-corrected chi connectivity index (χ2v) is 6.80. The zero-order valence-electron chi connectivity index (χ0n) is 15.5. The van der Waals surface area contributed by atoms with Crippen molar-refractivity contribution in [1.29, 1.82) is 0 Å². The first-order chi connectivity index (χ1) is 14.3. The molecule has 8 nitrogen and oxygen atoms in total. The second kappa shape index (κ2) is 7.40. The van der Waals surface area contributed by atoms with Gasteiger partial charge >= 0.3 is 0 Å². The van der Waals surface area contributed by atoms with Crippen molar-refractivity contribution in [3.8, 4) is 22.8 Å². The van der Waals surface area contributed by atoms with Gasteiger partial charge in [0.2, 0.25) is 5.82 Å². The largest absolute Gasteiger partial charge is 0.368 e. The van der Waals surface area contributed by atoms with E-state index in [1.807, 2.05) is 54.6 Å². The minimum Gasteiger partial charge on any atom is -0.368 e. The van der Waals surface area contributed by atoms with Crippen molar-refractivity contribution in [3.05, 3.63) is 60.8 Å². The zero-order chi connectivity index (χ0) is 19.6. The highest BCUT2D eigenvalue weighted by atomic mass is 16.5. The predicted octanol–water partition coefficient (Wildman–Crippen LogP) is 2.97. The Hall–Kier alpha value is -3.65. The molecule has 1 aromatic carbocycles. The summed E-state index contributed by atoms with van der Waals surface area (Å²) in [6.07, 6.45) is 3.06. The van der Waals surface area contributed by atoms with Crippen LogP contribution in [0.2, 0.25) is 0 Å². The van der Waals surface area contributed by atoms with Crippen LogP contribution in [0.15, 0.2) is 60.8 Å². The average Bonchev–Trinajstić information content (AvgIpc) is 3.45. The van der Waals surface area contributed by atoms with E-state index in [0.29, 0.717) is 23.8 Å². The molecule has 1 fully saturated rings. The fourth-order valence-electron chi connectivity index (χ4n) is 3.33. The number of benzene rings is 1. The molecule has 1 aliphatic heterocycles. The number of anilines is 1. The van der Waals surface area contributed by atoms with Gasteiger partial charge in [0, 0.05) is 24.1 Å². The highest BCUT2D eigenvalue weighted by molar-refractivity contribution is 5.94. The number of carbonyl (C=O) groups excluding carboxylic acids is 1. The third kappa shape index (κ3) is 3.45. The van der Waals surface area contributed by atoms with E-state index in [4.69, 9.17) is 4.74 Å². The number of amides is 1. The summed E-state index contributed by atoms with van der Waals surface area (Å²) in [5, 5.41) is 16.0. The lowest BCUT2D eigenvalue weighted by Crippen LogP contribution is -2.26. The number of ether oxygens (including phenoxy) is 1. The average molecular weight is 386 g/mol. The first-order valence-electron chi connectivity index (χ1n) is 9.45. The van der Waals surface area contributed by atoms with Crippen LogP contribution in [0.4, 0.5) is 5.69 Å². The van der Waals surface area contributed by atoms with Crippen molar-refractivity contribution in [1.82, 2.24) is 24.8 Å². The highest BCUT2D eigenvalue weighted by Gasteiger charge is 2.23. The first-order valence-corrected chi connectivity index (χ1v) is 9.45. The molecule has 29 heavy (non-hydrogen) atoms. The van der Waals surface area contributed by atoms with E-state index in [9.17, 15) is 4.79 Å². The van der Waals surface area contributed by atoms with Crippen molar-refractivity contribution in [2.45, 2.75) is 18.9 Å². The van der Waals surface area contributed by atoms with E-state index in [0.717, 1.165) is 29.8 Å². The van der Waals surface area contributed by atoms with Gasteiger partial charge in [-0.1, -0.05) is 18.2 Å². The molecule has 5 rings (SSSR count). The minimum absolute atomic E-state index is 0.0979. The lowest BCUT2D eigenvalue weighted by atomic mass is 10.1. The van der Waals surface area contributed by atoms with Gasteiger partial charge in [0.1, 0.15) is 11.8 Å². The number of rotatable bonds is 4. The molecule has 0 saturated carbocycles. The Bertz CT molecular complexity index is 1150. The summed E-state index contributed by atoms with van der Waals surface area (Å²) in [6, 6.07) is 17.0. The van der Waals surface area contributed by atoms with E-state index in [2.05, 4.69) is 25.6 Å². The summed E-state index contributed by atoms with van der Waals surface area (Å²) >= 11 is 0. The number of aromatic nitrogens is 5. The maximum absolute atomic E-state index is 12.2. The van der Waals surface area contributed by atoms with Gasteiger partial charge < -0.3 is 10.1 Å². The SMILES string of the molecule is O=C(Nc1ccc(-c2ccc3nnc(-c4ccccn4)n3n2)cc1)C1CCCO1. The Labute approximate surface area is 166 Å². The number of nitrogens with zero attached hydrogens (tertiary/aromatic N) is 5. The van der Waals surface area contributed by atoms with Gasteiger partial charge in [0.15, 0.2) is 5.65 Å². The zero-order valence-corrected chi connectivity index (χ0v) is 15.5. The summed E-state index contributed by atoms with van der Waals surface area (Å²) in [7, 11) is 0. The van der Waals surface area contributed by atoms with Crippen molar-refractivity contribution >= 4 is 17.2 Å². The van der Waals surface area contributed by atoms with Gasteiger partial charge in [0.25, 0.3) is 5.91 Å². The summed E-state index contributed by atoms with van der Waals surface area (Å²) in [4.78, 5) is 16.5. The standard InChI is InChI=1S/C21H18N6O2/c28-21(18-5-3-13-29-18)23-15-8-6-14(7-9-15)16-10-11-19-24-25-20(27(19)26-16)17-4-1-2-12-22-17/h1-2,4,6-12,18H,3,5,13H2,(H,23,28). The molecular formula is C21H18N6O2. The van der Waals surface area contributed by atoms with Crippen molar-refractivity contribution in [3.63, 3.8) is 0 Å². The molecule has 3 aromatic heterocycles. The van der Waals surface area contributed by atoms with E-state index < -0.39 is 0 Å². The number of pyridine rings is 1. The molecule has 1 unspecified atom stereocenters. The van der Waals surface area contributed by atoms with Crippen LogP contribution in [-0.2, 0) is 9.53 Å². The Morgan fingerprint density at radius 2 is 1.93 bits per heavy atom. The fourth-order valence-corrected chi connectivity index (χ4v) is 3.33. The topological polar surface area (TPSA) is 94.3 Å². The maximum Gasteiger partial charge on any atom is 0.253 e. The van der Waals surface area contributed by atoms with E-state index in [1.54, 1.807) is 10.7 Å². The number of nitrogens with one attached hydrogen (secondary N) is 1. The Kier molecular flexibility index (Phi) is 4.45. The van der Waals surface area contributed by atoms with Gasteiger partial charge in [-0.05, 0) is 49.2 Å². The van der Waals surface area contributed by atoms with E-state index in [-0.39, 0.29) is 12.0 Å². The molecule has 0 aliphatic carbocycles. The second-order valence-electron chi connectivity index (χ2n) is 6.80. The Morgan fingerprint density at radius 1 is 1.03 bits per heavy atom. The van der Waals surface area contributed by atoms with Gasteiger partial charge in [-0.2, -0.15) is 9.61 Å². The molecule has 4 heterocycles. The van der Waals surface area contributed by atoms with Gasteiger partial charge in [-0.25, -0.2) is 0 Å². The van der Waals surface area contributed by atoms with Gasteiger partial charge in [-0.15, -0.1) is 10.2 Å². The summed E-state index contributed by atoms with van der Waals surface area (Å²) in [5.41, 5.74) is 3.77. The Balaban J connectivity index is 1.41. The third-order valence-electron chi connectivity index (χ3n) is 4.83. The molecule has 0 bridgehead atoms. The molecule has 1 aliphatic rings. The summed E-state index contributed by atoms with van der Waals surface area (Å²) < 4.78 is 7.10. The quantitative estimate of drug-likeness (QED) is 0.579. The van der Waals surface area contributed by atoms with Crippen LogP contribution in [-0.4, -0.2) is 43.4 Å². The first kappa shape index (κ1) is 17.4. The van der Waals surface area contributed by atoms with Crippen LogP contribution in [0.5, 0.6) is 0 Å². The predicted molar refractivity (Wildman–Crippen MR) is 107 cm³/mol. The molecular weight excluding hydrogens is 368 g/mol. The number of fused-ring (bicyclic) bond motifs is 1. The van der Waals surface area contributed by atoms with Crippen LogP contribution in [0.1, 0.15) is 12.8 Å². The van der Waals surface area contributed by atoms with Crippen LogP contribution in [0.25, 0.3) is 28.4 Å². The molecule has 0 spiro atoms. The molecule has 4 aromatic rings. The van der Waals surface area contributed by atoms with Crippen LogP contribution in [0, 0.1) is 0 Å². The fraction of sp³-hybridized carbons (Fsp3) is 0.190. The number of carbonyl (C=O) groups is 1. The molecule has 144 valence electrons. The minimum atomic E-state index is -0.350. The lowest BCUT2D eigenvalue weighted by molar-refractivity contribution is -0.124. The molecule has 1 N–H and O–H groups in total.